The van der Waals surface area contributed by atoms with Gasteiger partial charge in [-0.25, -0.2) is 0 Å². The van der Waals surface area contributed by atoms with E-state index in [9.17, 15) is 0 Å². The first-order valence-corrected chi connectivity index (χ1v) is 6.47. The molecule has 17 heavy (non-hydrogen) atoms. The Morgan fingerprint density at radius 2 is 1.82 bits per heavy atom. The molecule has 0 unspecified atom stereocenters. The zero-order valence-electron chi connectivity index (χ0n) is 11.8. The molecule has 0 fully saturated rings. The van der Waals surface area contributed by atoms with E-state index in [0.717, 1.165) is 31.2 Å². The Labute approximate surface area is 105 Å². The molecule has 0 atom stereocenters. The molecule has 0 aliphatic rings. The van der Waals surface area contributed by atoms with Gasteiger partial charge < -0.3 is 9.73 Å². The molecule has 0 aliphatic heterocycles. The minimum Gasteiger partial charge on any atom is -0.463 e. The number of rotatable bonds is 7. The highest BCUT2D eigenvalue weighted by Crippen LogP contribution is 2.11. The SMILES string of the molecule is CC(C)CNCc1ccc(CN(C)C(C)C)o1. The fourth-order valence-electron chi connectivity index (χ4n) is 1.51. The standard InChI is InChI=1S/C14H26N2O/c1-11(2)8-15-9-13-6-7-14(17-13)10-16(5)12(3)4/h6-7,11-12,15H,8-10H2,1-5H3. The molecule has 0 aromatic carbocycles. The van der Waals surface area contributed by atoms with Gasteiger partial charge >= 0.3 is 0 Å². The van der Waals surface area contributed by atoms with Gasteiger partial charge in [0.25, 0.3) is 0 Å². The summed E-state index contributed by atoms with van der Waals surface area (Å²) in [7, 11) is 2.11. The number of nitrogens with zero attached hydrogens (tertiary/aromatic N) is 1. The van der Waals surface area contributed by atoms with Crippen LogP contribution in [0, 0.1) is 5.92 Å². The van der Waals surface area contributed by atoms with Gasteiger partial charge in [-0.15, -0.1) is 0 Å². The molecule has 3 heteroatoms. The van der Waals surface area contributed by atoms with E-state index in [2.05, 4.69) is 57.1 Å². The maximum atomic E-state index is 5.78. The predicted molar refractivity (Wildman–Crippen MR) is 71.9 cm³/mol. The second-order valence-corrected chi connectivity index (χ2v) is 5.40. The van der Waals surface area contributed by atoms with Crippen molar-refractivity contribution in [2.45, 2.75) is 46.8 Å². The molecule has 1 aromatic rings. The van der Waals surface area contributed by atoms with Crippen molar-refractivity contribution < 1.29 is 4.42 Å². The Morgan fingerprint density at radius 3 is 2.41 bits per heavy atom. The lowest BCUT2D eigenvalue weighted by molar-refractivity contribution is 0.240. The van der Waals surface area contributed by atoms with E-state index in [-0.39, 0.29) is 0 Å². The molecule has 1 rings (SSSR count). The molecular weight excluding hydrogens is 212 g/mol. The van der Waals surface area contributed by atoms with Crippen molar-refractivity contribution in [1.29, 1.82) is 0 Å². The van der Waals surface area contributed by atoms with Gasteiger partial charge in [-0.1, -0.05) is 13.8 Å². The number of hydrogen-bond donors (Lipinski definition) is 1. The van der Waals surface area contributed by atoms with Crippen molar-refractivity contribution in [3.8, 4) is 0 Å². The summed E-state index contributed by atoms with van der Waals surface area (Å²) in [4.78, 5) is 2.27. The minimum absolute atomic E-state index is 0.544. The van der Waals surface area contributed by atoms with Gasteiger partial charge in [0.15, 0.2) is 0 Å². The summed E-state index contributed by atoms with van der Waals surface area (Å²) in [6, 6.07) is 4.69. The Kier molecular flexibility index (Phi) is 5.72. The lowest BCUT2D eigenvalue weighted by Crippen LogP contribution is -2.25. The van der Waals surface area contributed by atoms with Crippen LogP contribution in [-0.2, 0) is 13.1 Å². The number of hydrogen-bond acceptors (Lipinski definition) is 3. The Bertz CT molecular complexity index is 318. The van der Waals surface area contributed by atoms with Gasteiger partial charge in [0.05, 0.1) is 13.1 Å². The third kappa shape index (κ3) is 5.37. The third-order valence-electron chi connectivity index (χ3n) is 2.86. The summed E-state index contributed by atoms with van der Waals surface area (Å²) < 4.78 is 5.78. The van der Waals surface area contributed by atoms with E-state index in [1.165, 1.54) is 0 Å². The van der Waals surface area contributed by atoms with Crippen LogP contribution in [0.4, 0.5) is 0 Å². The third-order valence-corrected chi connectivity index (χ3v) is 2.86. The average molecular weight is 238 g/mol. The molecule has 1 N–H and O–H groups in total. The highest BCUT2D eigenvalue weighted by atomic mass is 16.3. The molecule has 0 spiro atoms. The molecule has 3 nitrogen and oxygen atoms in total. The predicted octanol–water partition coefficient (Wildman–Crippen LogP) is 2.87. The van der Waals surface area contributed by atoms with E-state index in [0.29, 0.717) is 12.0 Å². The van der Waals surface area contributed by atoms with Crippen molar-refractivity contribution in [3.05, 3.63) is 23.7 Å². The Balaban J connectivity index is 2.37. The smallest absolute Gasteiger partial charge is 0.118 e. The van der Waals surface area contributed by atoms with E-state index in [4.69, 9.17) is 4.42 Å². The van der Waals surface area contributed by atoms with Crippen LogP contribution >= 0.6 is 0 Å². The molecule has 0 radical (unpaired) electrons. The summed E-state index contributed by atoms with van der Waals surface area (Å²) in [5.74, 6) is 2.75. The zero-order valence-corrected chi connectivity index (χ0v) is 11.8. The minimum atomic E-state index is 0.544. The topological polar surface area (TPSA) is 28.4 Å². The van der Waals surface area contributed by atoms with Gasteiger partial charge in [0.1, 0.15) is 11.5 Å². The first-order chi connectivity index (χ1) is 7.99. The van der Waals surface area contributed by atoms with Crippen LogP contribution < -0.4 is 5.32 Å². The lowest BCUT2D eigenvalue weighted by atomic mass is 10.2. The maximum Gasteiger partial charge on any atom is 0.118 e. The van der Waals surface area contributed by atoms with Crippen molar-refractivity contribution in [2.24, 2.45) is 5.92 Å². The van der Waals surface area contributed by atoms with Crippen molar-refractivity contribution in [3.63, 3.8) is 0 Å². The fraction of sp³-hybridized carbons (Fsp3) is 0.714. The first kappa shape index (κ1) is 14.3. The number of nitrogens with one attached hydrogen (secondary N) is 1. The molecule has 0 saturated carbocycles. The van der Waals surface area contributed by atoms with Gasteiger partial charge in [0.2, 0.25) is 0 Å². The molecular formula is C14H26N2O. The van der Waals surface area contributed by atoms with E-state index in [1.54, 1.807) is 0 Å². The Hall–Kier alpha value is -0.800. The van der Waals surface area contributed by atoms with Crippen LogP contribution in [0.2, 0.25) is 0 Å². The summed E-state index contributed by atoms with van der Waals surface area (Å²) in [5, 5.41) is 3.38. The summed E-state index contributed by atoms with van der Waals surface area (Å²) >= 11 is 0. The molecule has 0 aliphatic carbocycles. The quantitative estimate of drug-likeness (QED) is 0.792. The van der Waals surface area contributed by atoms with Crippen LogP contribution in [0.15, 0.2) is 16.5 Å². The summed E-state index contributed by atoms with van der Waals surface area (Å²) in [5.41, 5.74) is 0. The summed E-state index contributed by atoms with van der Waals surface area (Å²) in [6.07, 6.45) is 0. The molecule has 1 heterocycles. The van der Waals surface area contributed by atoms with Gasteiger partial charge in [-0.2, -0.15) is 0 Å². The largest absolute Gasteiger partial charge is 0.463 e. The molecule has 0 saturated heterocycles. The second kappa shape index (κ2) is 6.82. The maximum absolute atomic E-state index is 5.78. The van der Waals surface area contributed by atoms with Gasteiger partial charge in [-0.05, 0) is 45.5 Å². The Morgan fingerprint density at radius 1 is 1.18 bits per heavy atom. The fourth-order valence-corrected chi connectivity index (χ4v) is 1.51. The first-order valence-electron chi connectivity index (χ1n) is 6.47. The van der Waals surface area contributed by atoms with Crippen molar-refractivity contribution in [2.75, 3.05) is 13.6 Å². The van der Waals surface area contributed by atoms with Crippen LogP contribution in [0.5, 0.6) is 0 Å². The number of furan rings is 1. The van der Waals surface area contributed by atoms with Crippen molar-refractivity contribution in [1.82, 2.24) is 10.2 Å². The van der Waals surface area contributed by atoms with Crippen LogP contribution in [-0.4, -0.2) is 24.5 Å². The highest BCUT2D eigenvalue weighted by Gasteiger charge is 2.08. The normalized spacial score (nSPS) is 12.0. The molecule has 1 aromatic heterocycles. The molecule has 98 valence electrons. The van der Waals surface area contributed by atoms with E-state index < -0.39 is 0 Å². The van der Waals surface area contributed by atoms with Crippen LogP contribution in [0.1, 0.15) is 39.2 Å². The molecule has 0 amide bonds. The van der Waals surface area contributed by atoms with E-state index in [1.807, 2.05) is 0 Å². The summed E-state index contributed by atoms with van der Waals surface area (Å²) in [6.45, 7) is 11.5. The zero-order chi connectivity index (χ0) is 12.8. The van der Waals surface area contributed by atoms with Gasteiger partial charge in [-0.3, -0.25) is 4.90 Å². The lowest BCUT2D eigenvalue weighted by Gasteiger charge is -2.19. The molecule has 0 bridgehead atoms. The second-order valence-electron chi connectivity index (χ2n) is 5.40. The highest BCUT2D eigenvalue weighted by molar-refractivity contribution is 5.07. The van der Waals surface area contributed by atoms with Crippen molar-refractivity contribution >= 4 is 0 Å². The van der Waals surface area contributed by atoms with Gasteiger partial charge in [0, 0.05) is 6.04 Å². The monoisotopic (exact) mass is 238 g/mol. The van der Waals surface area contributed by atoms with Crippen LogP contribution in [0.3, 0.4) is 0 Å². The van der Waals surface area contributed by atoms with Crippen LogP contribution in [0.25, 0.3) is 0 Å². The average Bonchev–Trinajstić information content (AvgIpc) is 2.65. The van der Waals surface area contributed by atoms with E-state index >= 15 is 0 Å².